The average Bonchev–Trinajstić information content (AvgIpc) is 2.17. The molecule has 1 aromatic rings. The Morgan fingerprint density at radius 2 is 1.94 bits per heavy atom. The summed E-state index contributed by atoms with van der Waals surface area (Å²) >= 11 is 3.51. The summed E-state index contributed by atoms with van der Waals surface area (Å²) in [4.78, 5) is 2.32. The molecule has 90 valence electrons. The van der Waals surface area contributed by atoms with Crippen LogP contribution in [-0.4, -0.2) is 17.7 Å². The van der Waals surface area contributed by atoms with Gasteiger partial charge in [-0.25, -0.2) is 0 Å². The first kappa shape index (κ1) is 13.5. The second kappa shape index (κ2) is 5.69. The molecule has 0 saturated heterocycles. The Morgan fingerprint density at radius 3 is 2.31 bits per heavy atom. The first-order valence-electron chi connectivity index (χ1n) is 5.71. The largest absolute Gasteiger partial charge is 0.389 e. The fourth-order valence-electron chi connectivity index (χ4n) is 1.88. The number of benzene rings is 1. The highest BCUT2D eigenvalue weighted by molar-refractivity contribution is 9.10. The number of anilines is 1. The quantitative estimate of drug-likeness (QED) is 0.911. The minimum absolute atomic E-state index is 0.433. The molecule has 0 aromatic heterocycles. The van der Waals surface area contributed by atoms with Gasteiger partial charge in [-0.1, -0.05) is 22.0 Å². The van der Waals surface area contributed by atoms with E-state index in [1.54, 1.807) is 6.92 Å². The molecule has 0 aliphatic carbocycles. The zero-order valence-corrected chi connectivity index (χ0v) is 12.0. The van der Waals surface area contributed by atoms with Crippen molar-refractivity contribution in [2.45, 2.75) is 39.8 Å². The molecule has 0 amide bonds. The molecule has 0 heterocycles. The van der Waals surface area contributed by atoms with Crippen molar-refractivity contribution < 1.29 is 5.11 Å². The van der Waals surface area contributed by atoms with Crippen molar-refractivity contribution in [2.75, 3.05) is 11.4 Å². The standard InChI is InChI=1S/C13H20BrNO/c1-5-15(9(2)3)11-6-7-12(10(4)16)13(14)8-11/h6-10,16H,5H2,1-4H3/t10-/m1/s1. The Labute approximate surface area is 106 Å². The second-order valence-corrected chi connectivity index (χ2v) is 5.12. The van der Waals surface area contributed by atoms with E-state index >= 15 is 0 Å². The molecule has 2 nitrogen and oxygen atoms in total. The summed E-state index contributed by atoms with van der Waals surface area (Å²) in [6.45, 7) is 9.27. The zero-order chi connectivity index (χ0) is 12.3. The number of hydrogen-bond acceptors (Lipinski definition) is 2. The Kier molecular flexibility index (Phi) is 4.81. The van der Waals surface area contributed by atoms with Crippen LogP contribution in [0.15, 0.2) is 22.7 Å². The van der Waals surface area contributed by atoms with Gasteiger partial charge in [0.15, 0.2) is 0 Å². The molecule has 0 saturated carbocycles. The van der Waals surface area contributed by atoms with Crippen LogP contribution in [0.25, 0.3) is 0 Å². The highest BCUT2D eigenvalue weighted by atomic mass is 79.9. The van der Waals surface area contributed by atoms with Crippen molar-refractivity contribution in [3.8, 4) is 0 Å². The van der Waals surface area contributed by atoms with Crippen molar-refractivity contribution in [1.29, 1.82) is 0 Å². The third kappa shape index (κ3) is 2.98. The van der Waals surface area contributed by atoms with Crippen molar-refractivity contribution >= 4 is 21.6 Å². The number of aliphatic hydroxyl groups is 1. The Bertz CT molecular complexity index is 350. The topological polar surface area (TPSA) is 23.5 Å². The van der Waals surface area contributed by atoms with Crippen LogP contribution in [0.5, 0.6) is 0 Å². The number of halogens is 1. The van der Waals surface area contributed by atoms with Crippen LogP contribution in [0.2, 0.25) is 0 Å². The maximum Gasteiger partial charge on any atom is 0.0772 e. The summed E-state index contributed by atoms with van der Waals surface area (Å²) in [7, 11) is 0. The summed E-state index contributed by atoms with van der Waals surface area (Å²) in [5.41, 5.74) is 2.12. The molecule has 0 radical (unpaired) electrons. The normalized spacial score (nSPS) is 12.9. The summed E-state index contributed by atoms with van der Waals surface area (Å²) in [5, 5.41) is 9.56. The smallest absolute Gasteiger partial charge is 0.0772 e. The second-order valence-electron chi connectivity index (χ2n) is 4.26. The van der Waals surface area contributed by atoms with Gasteiger partial charge < -0.3 is 10.0 Å². The van der Waals surface area contributed by atoms with Crippen LogP contribution < -0.4 is 4.90 Å². The van der Waals surface area contributed by atoms with E-state index in [4.69, 9.17) is 0 Å². The molecule has 1 rings (SSSR count). The van der Waals surface area contributed by atoms with E-state index in [9.17, 15) is 5.11 Å². The average molecular weight is 286 g/mol. The highest BCUT2D eigenvalue weighted by Crippen LogP contribution is 2.28. The molecule has 0 bridgehead atoms. The first-order chi connectivity index (χ1) is 7.47. The molecular formula is C13H20BrNO. The maximum atomic E-state index is 9.56. The summed E-state index contributed by atoms with van der Waals surface area (Å²) in [5.74, 6) is 0. The SMILES string of the molecule is CCN(c1ccc([C@@H](C)O)c(Br)c1)C(C)C. The lowest BCUT2D eigenvalue weighted by molar-refractivity contribution is 0.198. The summed E-state index contributed by atoms with van der Waals surface area (Å²) in [6.07, 6.45) is -0.433. The van der Waals surface area contributed by atoms with Gasteiger partial charge in [-0.05, 0) is 45.4 Å². The third-order valence-electron chi connectivity index (χ3n) is 2.73. The van der Waals surface area contributed by atoms with Gasteiger partial charge in [0.25, 0.3) is 0 Å². The zero-order valence-electron chi connectivity index (χ0n) is 10.4. The van der Waals surface area contributed by atoms with E-state index in [0.717, 1.165) is 16.6 Å². The predicted octanol–water partition coefficient (Wildman–Crippen LogP) is 3.74. The lowest BCUT2D eigenvalue weighted by Crippen LogP contribution is -2.30. The molecule has 1 N–H and O–H groups in total. The molecule has 3 heteroatoms. The van der Waals surface area contributed by atoms with Crippen LogP contribution >= 0.6 is 15.9 Å². The van der Waals surface area contributed by atoms with Gasteiger partial charge in [-0.15, -0.1) is 0 Å². The summed E-state index contributed by atoms with van der Waals surface area (Å²) in [6, 6.07) is 6.60. The molecule has 0 aliphatic rings. The molecule has 0 aliphatic heterocycles. The van der Waals surface area contributed by atoms with Gasteiger partial charge >= 0.3 is 0 Å². The van der Waals surface area contributed by atoms with Crippen LogP contribution in [0, 0.1) is 0 Å². The van der Waals surface area contributed by atoms with Crippen molar-refractivity contribution in [3.63, 3.8) is 0 Å². The van der Waals surface area contributed by atoms with Crippen molar-refractivity contribution in [1.82, 2.24) is 0 Å². The molecule has 16 heavy (non-hydrogen) atoms. The monoisotopic (exact) mass is 285 g/mol. The molecule has 0 fully saturated rings. The van der Waals surface area contributed by atoms with Crippen LogP contribution in [0.4, 0.5) is 5.69 Å². The van der Waals surface area contributed by atoms with E-state index in [2.05, 4.69) is 53.7 Å². The number of nitrogens with zero attached hydrogens (tertiary/aromatic N) is 1. The van der Waals surface area contributed by atoms with Crippen LogP contribution in [-0.2, 0) is 0 Å². The third-order valence-corrected chi connectivity index (χ3v) is 3.42. The van der Waals surface area contributed by atoms with Crippen molar-refractivity contribution in [3.05, 3.63) is 28.2 Å². The Hall–Kier alpha value is -0.540. The van der Waals surface area contributed by atoms with E-state index < -0.39 is 6.10 Å². The highest BCUT2D eigenvalue weighted by Gasteiger charge is 2.11. The van der Waals surface area contributed by atoms with E-state index in [1.807, 2.05) is 6.07 Å². The molecule has 0 spiro atoms. The predicted molar refractivity (Wildman–Crippen MR) is 72.9 cm³/mol. The molecule has 1 aromatic carbocycles. The van der Waals surface area contributed by atoms with Gasteiger partial charge in [-0.3, -0.25) is 0 Å². The van der Waals surface area contributed by atoms with E-state index in [0.29, 0.717) is 6.04 Å². The number of aliphatic hydroxyl groups excluding tert-OH is 1. The molecular weight excluding hydrogens is 266 g/mol. The minimum atomic E-state index is -0.433. The lowest BCUT2D eigenvalue weighted by atomic mass is 10.1. The first-order valence-corrected chi connectivity index (χ1v) is 6.50. The van der Waals surface area contributed by atoms with Gasteiger partial charge in [0.2, 0.25) is 0 Å². The number of rotatable bonds is 4. The van der Waals surface area contributed by atoms with E-state index in [1.165, 1.54) is 5.69 Å². The van der Waals surface area contributed by atoms with Gasteiger partial charge in [0.1, 0.15) is 0 Å². The Balaban J connectivity index is 3.04. The minimum Gasteiger partial charge on any atom is -0.389 e. The van der Waals surface area contributed by atoms with Gasteiger partial charge in [-0.2, -0.15) is 0 Å². The van der Waals surface area contributed by atoms with Crippen LogP contribution in [0.1, 0.15) is 39.4 Å². The molecule has 1 atom stereocenters. The Morgan fingerprint density at radius 1 is 1.31 bits per heavy atom. The van der Waals surface area contributed by atoms with Gasteiger partial charge in [0.05, 0.1) is 6.10 Å². The van der Waals surface area contributed by atoms with E-state index in [-0.39, 0.29) is 0 Å². The maximum absolute atomic E-state index is 9.56. The lowest BCUT2D eigenvalue weighted by Gasteiger charge is -2.28. The molecule has 0 unspecified atom stereocenters. The summed E-state index contributed by atoms with van der Waals surface area (Å²) < 4.78 is 0.971. The fraction of sp³-hybridized carbons (Fsp3) is 0.538. The fourth-order valence-corrected chi connectivity index (χ4v) is 2.58. The van der Waals surface area contributed by atoms with Crippen LogP contribution in [0.3, 0.4) is 0 Å². The van der Waals surface area contributed by atoms with Crippen molar-refractivity contribution in [2.24, 2.45) is 0 Å². The van der Waals surface area contributed by atoms with Gasteiger partial charge in [0, 0.05) is 22.7 Å². The number of hydrogen-bond donors (Lipinski definition) is 1.